The molecule has 4 aromatic rings. The molecule has 4 N–H and O–H groups in total. The van der Waals surface area contributed by atoms with Gasteiger partial charge in [-0.1, -0.05) is 56.3 Å². The number of anilines is 1. The molecule has 2 saturated heterocycles. The minimum absolute atomic E-state index is 0.180. The molecule has 3 heterocycles. The van der Waals surface area contributed by atoms with E-state index in [9.17, 15) is 9.18 Å². The molecule has 0 bridgehead atoms. The highest BCUT2D eigenvalue weighted by Gasteiger charge is 2.36. The number of imidazole rings is 1. The van der Waals surface area contributed by atoms with Gasteiger partial charge in [-0.05, 0) is 76.5 Å². The van der Waals surface area contributed by atoms with Crippen molar-refractivity contribution in [3.05, 3.63) is 83.8 Å². The van der Waals surface area contributed by atoms with Gasteiger partial charge in [0.15, 0.2) is 0 Å². The first kappa shape index (κ1) is 25.2. The first-order valence-corrected chi connectivity index (χ1v) is 14.2. The molecule has 2 fully saturated rings. The molecule has 0 saturated carbocycles. The van der Waals surface area contributed by atoms with Gasteiger partial charge in [0.05, 0.1) is 24.0 Å². The van der Waals surface area contributed by atoms with Gasteiger partial charge in [0.25, 0.3) is 0 Å². The Labute approximate surface area is 233 Å². The number of amides is 1. The largest absolute Gasteiger partial charge is 0.341 e. The maximum Gasteiger partial charge on any atom is 0.241 e. The number of rotatable bonds is 5. The summed E-state index contributed by atoms with van der Waals surface area (Å²) in [5.41, 5.74) is 9.89. The van der Waals surface area contributed by atoms with Gasteiger partial charge in [-0.3, -0.25) is 4.79 Å². The van der Waals surface area contributed by atoms with Gasteiger partial charge in [0.1, 0.15) is 12.0 Å². The van der Waals surface area contributed by atoms with E-state index in [4.69, 9.17) is 0 Å². The standard InChI is InChI=1S/C33H34FN5O/c1-33(2)26-14-21(19-5-7-20(8-6-19)30-18-37-31(39-30)28-4-3-13-35-28)9-11-24(26)25-12-10-23(16-27(25)33)38-32(40)29-15-22(34)17-36-29/h5-12,14,16,18,22,28-29,35-36H,3-4,13,15,17H2,1-2H3,(H,37,39)(H,38,40)/t22-,28-,29-/m0/s1. The van der Waals surface area contributed by atoms with Crippen LogP contribution in [0.3, 0.4) is 0 Å². The Balaban J connectivity index is 1.12. The summed E-state index contributed by atoms with van der Waals surface area (Å²) in [7, 11) is 0. The molecule has 204 valence electrons. The van der Waals surface area contributed by atoms with Crippen LogP contribution in [0.1, 0.15) is 56.1 Å². The Hall–Kier alpha value is -3.81. The van der Waals surface area contributed by atoms with Crippen LogP contribution in [0.25, 0.3) is 33.5 Å². The average Bonchev–Trinajstić information content (AvgIpc) is 3.77. The number of aromatic amines is 1. The number of carbonyl (C=O) groups is 1. The molecular weight excluding hydrogens is 501 g/mol. The molecule has 2 aliphatic heterocycles. The Kier molecular flexibility index (Phi) is 6.09. The smallest absolute Gasteiger partial charge is 0.241 e. The Morgan fingerprint density at radius 3 is 2.40 bits per heavy atom. The van der Waals surface area contributed by atoms with Gasteiger partial charge in [-0.2, -0.15) is 0 Å². The predicted molar refractivity (Wildman–Crippen MR) is 157 cm³/mol. The summed E-state index contributed by atoms with van der Waals surface area (Å²) in [5, 5.41) is 9.45. The molecule has 3 atom stereocenters. The van der Waals surface area contributed by atoms with Gasteiger partial charge in [0, 0.05) is 24.1 Å². The number of benzene rings is 3. The Morgan fingerprint density at radius 1 is 0.950 bits per heavy atom. The van der Waals surface area contributed by atoms with E-state index in [0.717, 1.165) is 35.7 Å². The van der Waals surface area contributed by atoms with E-state index in [-0.39, 0.29) is 24.3 Å². The fourth-order valence-corrected chi connectivity index (χ4v) is 6.54. The second kappa shape index (κ2) is 9.68. The van der Waals surface area contributed by atoms with Crippen LogP contribution in [0.4, 0.5) is 10.1 Å². The third kappa shape index (κ3) is 4.34. The van der Waals surface area contributed by atoms with Gasteiger partial charge >= 0.3 is 0 Å². The molecule has 0 spiro atoms. The molecule has 0 unspecified atom stereocenters. The SMILES string of the molecule is CC1(C)c2cc(NC(=O)[C@@H]3C[C@H](F)CN3)ccc2-c2ccc(-c3ccc(-c4cnc([C@@H]5CCCN5)[nH]4)cc3)cc21. The van der Waals surface area contributed by atoms with Crippen molar-refractivity contribution in [1.82, 2.24) is 20.6 Å². The number of H-pyrrole nitrogens is 1. The summed E-state index contributed by atoms with van der Waals surface area (Å²) < 4.78 is 13.6. The van der Waals surface area contributed by atoms with E-state index in [0.29, 0.717) is 6.04 Å². The van der Waals surface area contributed by atoms with Crippen LogP contribution in [0.5, 0.6) is 0 Å². The van der Waals surface area contributed by atoms with Crippen molar-refractivity contribution in [2.24, 2.45) is 0 Å². The lowest BCUT2D eigenvalue weighted by molar-refractivity contribution is -0.117. The van der Waals surface area contributed by atoms with Crippen molar-refractivity contribution in [2.75, 3.05) is 18.4 Å². The number of fused-ring (bicyclic) bond motifs is 3. The van der Waals surface area contributed by atoms with Crippen LogP contribution in [0.2, 0.25) is 0 Å². The number of hydrogen-bond donors (Lipinski definition) is 4. The highest BCUT2D eigenvalue weighted by molar-refractivity contribution is 5.96. The molecule has 7 rings (SSSR count). The van der Waals surface area contributed by atoms with Crippen LogP contribution in [0, 0.1) is 0 Å². The maximum atomic E-state index is 13.6. The number of nitrogens with zero attached hydrogens (tertiary/aromatic N) is 1. The second-order valence-corrected chi connectivity index (χ2v) is 11.8. The molecule has 1 aromatic heterocycles. The van der Waals surface area contributed by atoms with Gasteiger partial charge < -0.3 is 20.9 Å². The van der Waals surface area contributed by atoms with Crippen LogP contribution in [-0.2, 0) is 10.2 Å². The van der Waals surface area contributed by atoms with Crippen LogP contribution >= 0.6 is 0 Å². The predicted octanol–water partition coefficient (Wildman–Crippen LogP) is 6.11. The molecule has 1 amide bonds. The molecule has 3 aliphatic rings. The minimum atomic E-state index is -0.966. The zero-order valence-electron chi connectivity index (χ0n) is 22.9. The lowest BCUT2D eigenvalue weighted by Crippen LogP contribution is -2.35. The zero-order chi connectivity index (χ0) is 27.4. The molecule has 3 aromatic carbocycles. The van der Waals surface area contributed by atoms with Crippen molar-refractivity contribution in [3.8, 4) is 33.5 Å². The molecular formula is C33H34FN5O. The average molecular weight is 536 g/mol. The van der Waals surface area contributed by atoms with E-state index in [1.165, 1.54) is 39.8 Å². The van der Waals surface area contributed by atoms with E-state index in [1.54, 1.807) is 0 Å². The number of aromatic nitrogens is 2. The van der Waals surface area contributed by atoms with Crippen molar-refractivity contribution in [3.63, 3.8) is 0 Å². The maximum absolute atomic E-state index is 13.6. The number of alkyl halides is 1. The lowest BCUT2D eigenvalue weighted by Gasteiger charge is -2.23. The first-order valence-electron chi connectivity index (χ1n) is 14.2. The van der Waals surface area contributed by atoms with Crippen molar-refractivity contribution in [1.29, 1.82) is 0 Å². The Morgan fingerprint density at radius 2 is 1.68 bits per heavy atom. The summed E-state index contributed by atoms with van der Waals surface area (Å²) in [6.07, 6.45) is 3.50. The van der Waals surface area contributed by atoms with E-state index in [2.05, 4.69) is 94.4 Å². The minimum Gasteiger partial charge on any atom is -0.341 e. The van der Waals surface area contributed by atoms with Crippen molar-refractivity contribution >= 4 is 11.6 Å². The number of hydrogen-bond acceptors (Lipinski definition) is 4. The second-order valence-electron chi connectivity index (χ2n) is 11.8. The summed E-state index contributed by atoms with van der Waals surface area (Å²) in [6, 6.07) is 21.3. The third-order valence-electron chi connectivity index (χ3n) is 8.85. The number of carbonyl (C=O) groups excluding carboxylic acids is 1. The first-order chi connectivity index (χ1) is 19.4. The summed E-state index contributed by atoms with van der Waals surface area (Å²) in [4.78, 5) is 20.8. The molecule has 40 heavy (non-hydrogen) atoms. The molecule has 0 radical (unpaired) electrons. The van der Waals surface area contributed by atoms with E-state index in [1.807, 2.05) is 12.3 Å². The quantitative estimate of drug-likeness (QED) is 0.248. The summed E-state index contributed by atoms with van der Waals surface area (Å²) in [5.74, 6) is 0.837. The van der Waals surface area contributed by atoms with Crippen molar-refractivity contribution in [2.45, 2.75) is 56.8 Å². The summed E-state index contributed by atoms with van der Waals surface area (Å²) in [6.45, 7) is 5.75. The van der Waals surface area contributed by atoms with Gasteiger partial charge in [-0.25, -0.2) is 9.37 Å². The monoisotopic (exact) mass is 535 g/mol. The highest BCUT2D eigenvalue weighted by atomic mass is 19.1. The van der Waals surface area contributed by atoms with Crippen LogP contribution in [0.15, 0.2) is 66.9 Å². The lowest BCUT2D eigenvalue weighted by atomic mass is 9.81. The van der Waals surface area contributed by atoms with E-state index < -0.39 is 12.2 Å². The third-order valence-corrected chi connectivity index (χ3v) is 8.85. The van der Waals surface area contributed by atoms with Crippen LogP contribution < -0.4 is 16.0 Å². The molecule has 6 nitrogen and oxygen atoms in total. The fraction of sp³-hybridized carbons (Fsp3) is 0.333. The Bertz CT molecular complexity index is 1580. The molecule has 1 aliphatic carbocycles. The van der Waals surface area contributed by atoms with Crippen molar-refractivity contribution < 1.29 is 9.18 Å². The highest BCUT2D eigenvalue weighted by Crippen LogP contribution is 2.50. The number of halogens is 1. The van der Waals surface area contributed by atoms with E-state index >= 15 is 0 Å². The topological polar surface area (TPSA) is 81.8 Å². The van der Waals surface area contributed by atoms with Gasteiger partial charge in [-0.15, -0.1) is 0 Å². The molecule has 7 heteroatoms. The van der Waals surface area contributed by atoms with Gasteiger partial charge in [0.2, 0.25) is 5.91 Å². The fourth-order valence-electron chi connectivity index (χ4n) is 6.54. The van der Waals surface area contributed by atoms with Crippen LogP contribution in [-0.4, -0.2) is 41.2 Å². The summed E-state index contributed by atoms with van der Waals surface area (Å²) >= 11 is 0. The number of nitrogens with one attached hydrogen (secondary N) is 4. The zero-order valence-corrected chi connectivity index (χ0v) is 22.9. The normalized spacial score (nSPS) is 22.7.